The van der Waals surface area contributed by atoms with Crippen LogP contribution in [0.1, 0.15) is 29.9 Å². The highest BCUT2D eigenvalue weighted by Gasteiger charge is 2.23. The minimum atomic E-state index is -0.0298. The number of carbonyl (C=O) groups is 1. The number of carbonyl (C=O) groups excluding carboxylic acids is 1. The maximum atomic E-state index is 13.0. The molecule has 0 aliphatic carbocycles. The van der Waals surface area contributed by atoms with E-state index in [9.17, 15) is 4.79 Å². The molecular formula is C20H22N4OS. The smallest absolute Gasteiger partial charge is 0.233 e. The number of H-pyrrole nitrogens is 1. The zero-order valence-corrected chi connectivity index (χ0v) is 15.7. The number of thioether (sulfide) groups is 1. The molecule has 134 valence electrons. The predicted molar refractivity (Wildman–Crippen MR) is 104 cm³/mol. The quantitative estimate of drug-likeness (QED) is 0.642. The highest BCUT2D eigenvalue weighted by atomic mass is 32.2. The lowest BCUT2D eigenvalue weighted by Crippen LogP contribution is -2.34. The van der Waals surface area contributed by atoms with Gasteiger partial charge in [0.05, 0.1) is 30.4 Å². The Morgan fingerprint density at radius 1 is 1.19 bits per heavy atom. The lowest BCUT2D eigenvalue weighted by molar-refractivity contribution is -0.131. The van der Waals surface area contributed by atoms with Crippen LogP contribution in [-0.4, -0.2) is 31.5 Å². The summed E-state index contributed by atoms with van der Waals surface area (Å²) in [4.78, 5) is 27.4. The molecular weight excluding hydrogens is 344 g/mol. The lowest BCUT2D eigenvalue weighted by atomic mass is 10.1. The average Bonchev–Trinajstić information content (AvgIpc) is 3.10. The van der Waals surface area contributed by atoms with Gasteiger partial charge in [0.25, 0.3) is 0 Å². The van der Waals surface area contributed by atoms with Crippen molar-refractivity contribution in [3.05, 3.63) is 78.1 Å². The number of hydrogen-bond donors (Lipinski definition) is 1. The second kappa shape index (κ2) is 8.67. The highest BCUT2D eigenvalue weighted by molar-refractivity contribution is 8.00. The van der Waals surface area contributed by atoms with E-state index in [1.807, 2.05) is 42.2 Å². The number of rotatable bonds is 7. The Morgan fingerprint density at radius 3 is 2.58 bits per heavy atom. The fourth-order valence-electron chi connectivity index (χ4n) is 2.72. The van der Waals surface area contributed by atoms with E-state index in [2.05, 4.69) is 34.0 Å². The van der Waals surface area contributed by atoms with E-state index in [-0.39, 0.29) is 11.9 Å². The minimum absolute atomic E-state index is 0.0298. The van der Waals surface area contributed by atoms with E-state index < -0.39 is 0 Å². The SMILES string of the molecule is Cc1[nH]cnc1CN(C(=O)CSc1ccncc1)[C@@H](C)c1ccccc1. The molecule has 3 aromatic rings. The standard InChI is InChI=1S/C20H22N4OS/c1-15-19(23-14-22-15)12-24(16(2)17-6-4-3-5-7-17)20(25)13-26-18-8-10-21-11-9-18/h3-11,14,16H,12-13H2,1-2H3,(H,22,23)/t16-/m0/s1. The first-order chi connectivity index (χ1) is 12.6. The summed E-state index contributed by atoms with van der Waals surface area (Å²) in [5, 5.41) is 0. The molecule has 2 aromatic heterocycles. The third-order valence-electron chi connectivity index (χ3n) is 4.34. The van der Waals surface area contributed by atoms with Crippen LogP contribution in [0.3, 0.4) is 0 Å². The zero-order chi connectivity index (χ0) is 18.4. The zero-order valence-electron chi connectivity index (χ0n) is 14.9. The molecule has 3 rings (SSSR count). The molecule has 0 aliphatic heterocycles. The Bertz CT molecular complexity index is 835. The maximum Gasteiger partial charge on any atom is 0.233 e. The summed E-state index contributed by atoms with van der Waals surface area (Å²) >= 11 is 1.53. The number of amides is 1. The molecule has 0 radical (unpaired) electrons. The fraction of sp³-hybridized carbons (Fsp3) is 0.250. The molecule has 5 nitrogen and oxygen atoms in total. The molecule has 0 bridgehead atoms. The van der Waals surface area contributed by atoms with Gasteiger partial charge in [0.2, 0.25) is 5.91 Å². The molecule has 0 saturated heterocycles. The maximum absolute atomic E-state index is 13.0. The number of nitrogens with one attached hydrogen (secondary N) is 1. The number of aromatic amines is 1. The van der Waals surface area contributed by atoms with Crippen molar-refractivity contribution in [3.8, 4) is 0 Å². The molecule has 1 aromatic carbocycles. The topological polar surface area (TPSA) is 61.9 Å². The van der Waals surface area contributed by atoms with Gasteiger partial charge in [-0.15, -0.1) is 11.8 Å². The largest absolute Gasteiger partial charge is 0.348 e. The summed E-state index contributed by atoms with van der Waals surface area (Å²) in [5.41, 5.74) is 3.00. The van der Waals surface area contributed by atoms with Crippen molar-refractivity contribution in [2.75, 3.05) is 5.75 Å². The number of imidazole rings is 1. The lowest BCUT2D eigenvalue weighted by Gasteiger charge is -2.29. The van der Waals surface area contributed by atoms with Gasteiger partial charge in [0.15, 0.2) is 0 Å². The first-order valence-electron chi connectivity index (χ1n) is 8.51. The van der Waals surface area contributed by atoms with E-state index in [1.165, 1.54) is 11.8 Å². The van der Waals surface area contributed by atoms with Crippen LogP contribution in [0.25, 0.3) is 0 Å². The van der Waals surface area contributed by atoms with E-state index in [0.29, 0.717) is 12.3 Å². The number of nitrogens with zero attached hydrogens (tertiary/aromatic N) is 3. The summed E-state index contributed by atoms with van der Waals surface area (Å²) in [7, 11) is 0. The number of aryl methyl sites for hydroxylation is 1. The average molecular weight is 366 g/mol. The molecule has 0 fully saturated rings. The van der Waals surface area contributed by atoms with Gasteiger partial charge in [-0.1, -0.05) is 30.3 Å². The molecule has 0 spiro atoms. The number of pyridine rings is 1. The van der Waals surface area contributed by atoms with Crippen molar-refractivity contribution in [2.45, 2.75) is 31.3 Å². The number of aromatic nitrogens is 3. The highest BCUT2D eigenvalue weighted by Crippen LogP contribution is 2.25. The van der Waals surface area contributed by atoms with Gasteiger partial charge in [-0.3, -0.25) is 9.78 Å². The van der Waals surface area contributed by atoms with Crippen LogP contribution in [0.5, 0.6) is 0 Å². The molecule has 0 unspecified atom stereocenters. The Morgan fingerprint density at radius 2 is 1.92 bits per heavy atom. The van der Waals surface area contributed by atoms with Gasteiger partial charge in [-0.2, -0.15) is 0 Å². The van der Waals surface area contributed by atoms with Crippen LogP contribution < -0.4 is 0 Å². The van der Waals surface area contributed by atoms with Crippen molar-refractivity contribution in [1.82, 2.24) is 19.9 Å². The summed E-state index contributed by atoms with van der Waals surface area (Å²) in [6, 6.07) is 13.9. The molecule has 2 heterocycles. The molecule has 0 aliphatic rings. The van der Waals surface area contributed by atoms with Crippen molar-refractivity contribution in [1.29, 1.82) is 0 Å². The third-order valence-corrected chi connectivity index (χ3v) is 5.33. The predicted octanol–water partition coefficient (Wildman–Crippen LogP) is 4.00. The van der Waals surface area contributed by atoms with E-state index in [4.69, 9.17) is 0 Å². The van der Waals surface area contributed by atoms with E-state index >= 15 is 0 Å². The first-order valence-corrected chi connectivity index (χ1v) is 9.50. The van der Waals surface area contributed by atoms with Gasteiger partial charge in [-0.05, 0) is 31.5 Å². The summed E-state index contributed by atoms with van der Waals surface area (Å²) in [6.45, 7) is 4.53. The summed E-state index contributed by atoms with van der Waals surface area (Å²) < 4.78 is 0. The normalized spacial score (nSPS) is 11.9. The van der Waals surface area contributed by atoms with Crippen LogP contribution in [0.2, 0.25) is 0 Å². The van der Waals surface area contributed by atoms with Crippen LogP contribution >= 0.6 is 11.8 Å². The van der Waals surface area contributed by atoms with Crippen LogP contribution in [-0.2, 0) is 11.3 Å². The molecule has 6 heteroatoms. The molecule has 0 saturated carbocycles. The summed E-state index contributed by atoms with van der Waals surface area (Å²) in [5.74, 6) is 0.468. The Labute approximate surface area is 157 Å². The van der Waals surface area contributed by atoms with Gasteiger partial charge >= 0.3 is 0 Å². The second-order valence-electron chi connectivity index (χ2n) is 6.05. The second-order valence-corrected chi connectivity index (χ2v) is 7.10. The van der Waals surface area contributed by atoms with Crippen molar-refractivity contribution in [2.24, 2.45) is 0 Å². The van der Waals surface area contributed by atoms with Crippen LogP contribution in [0.15, 0.2) is 66.1 Å². The van der Waals surface area contributed by atoms with Crippen LogP contribution in [0.4, 0.5) is 0 Å². The number of hydrogen-bond acceptors (Lipinski definition) is 4. The Kier molecular flexibility index (Phi) is 6.07. The molecule has 1 amide bonds. The first kappa shape index (κ1) is 18.2. The van der Waals surface area contributed by atoms with E-state index in [1.54, 1.807) is 18.7 Å². The van der Waals surface area contributed by atoms with E-state index in [0.717, 1.165) is 21.8 Å². The van der Waals surface area contributed by atoms with Crippen molar-refractivity contribution in [3.63, 3.8) is 0 Å². The van der Waals surface area contributed by atoms with Crippen molar-refractivity contribution < 1.29 is 4.79 Å². The Hall–Kier alpha value is -2.60. The monoisotopic (exact) mass is 366 g/mol. The van der Waals surface area contributed by atoms with Gasteiger partial charge in [0, 0.05) is 23.0 Å². The molecule has 26 heavy (non-hydrogen) atoms. The summed E-state index contributed by atoms with van der Waals surface area (Å²) in [6.07, 6.45) is 5.15. The van der Waals surface area contributed by atoms with Gasteiger partial charge in [0.1, 0.15) is 0 Å². The Balaban J connectivity index is 1.77. The van der Waals surface area contributed by atoms with Gasteiger partial charge in [-0.25, -0.2) is 4.98 Å². The molecule has 1 N–H and O–H groups in total. The minimum Gasteiger partial charge on any atom is -0.348 e. The van der Waals surface area contributed by atoms with Crippen molar-refractivity contribution >= 4 is 17.7 Å². The number of benzene rings is 1. The van der Waals surface area contributed by atoms with Crippen LogP contribution in [0, 0.1) is 6.92 Å². The molecule has 1 atom stereocenters. The fourth-order valence-corrected chi connectivity index (χ4v) is 3.49. The third kappa shape index (κ3) is 4.52. The van der Waals surface area contributed by atoms with Gasteiger partial charge < -0.3 is 9.88 Å².